The van der Waals surface area contributed by atoms with Crippen molar-refractivity contribution in [1.82, 2.24) is 0 Å². The highest BCUT2D eigenvalue weighted by Gasteiger charge is 1.93. The van der Waals surface area contributed by atoms with Crippen molar-refractivity contribution in [3.05, 3.63) is 0 Å². The van der Waals surface area contributed by atoms with Gasteiger partial charge < -0.3 is 0 Å². The molecule has 0 aromatic rings. The van der Waals surface area contributed by atoms with Crippen molar-refractivity contribution in [2.45, 2.75) is 12.3 Å². The van der Waals surface area contributed by atoms with Gasteiger partial charge in [0.1, 0.15) is 5.37 Å². The Labute approximate surface area is 44.0 Å². The topological polar surface area (TPSA) is 46.5 Å². The molecule has 42 valence electrons. The molecule has 0 aliphatic rings. The van der Waals surface area contributed by atoms with Gasteiger partial charge in [0.2, 0.25) is 0 Å². The maximum absolute atomic E-state index is 9.83. The van der Waals surface area contributed by atoms with Crippen LogP contribution < -0.4 is 0 Å². The molecule has 0 aliphatic heterocycles. The van der Waals surface area contributed by atoms with Crippen LogP contribution >= 0.6 is 0 Å². The Hall–Kier alpha value is -0.380. The fourth-order valence-electron chi connectivity index (χ4n) is 0.0667. The van der Waals surface area contributed by atoms with Gasteiger partial charge in [0.25, 0.3) is 0 Å². The first-order valence-electron chi connectivity index (χ1n) is 1.78. The predicted molar refractivity (Wildman–Crippen MR) is 29.3 cm³/mol. The Kier molecular flexibility index (Phi) is 2.59. The van der Waals surface area contributed by atoms with Crippen LogP contribution in [0.5, 0.6) is 0 Å². The number of hydrogen-bond donors (Lipinski definition) is 1. The molecule has 0 fully saturated rings. The Morgan fingerprint density at radius 3 is 2.14 bits per heavy atom. The van der Waals surface area contributed by atoms with Crippen molar-refractivity contribution in [1.29, 1.82) is 0 Å². The zero-order valence-corrected chi connectivity index (χ0v) is 4.89. The van der Waals surface area contributed by atoms with E-state index in [1.165, 1.54) is 6.92 Å². The van der Waals surface area contributed by atoms with Gasteiger partial charge in [-0.1, -0.05) is 0 Å². The van der Waals surface area contributed by atoms with Crippen LogP contribution in [0, 0.1) is 0 Å². The minimum atomic E-state index is -2.39. The first-order chi connectivity index (χ1) is 3.18. The molecule has 0 aromatic carbocycles. The van der Waals surface area contributed by atoms with E-state index in [2.05, 4.69) is 11.7 Å². The normalized spacial score (nSPS) is 14.0. The highest BCUT2D eigenvalue weighted by Crippen LogP contribution is 1.83. The Morgan fingerprint density at radius 1 is 1.71 bits per heavy atom. The van der Waals surface area contributed by atoms with Gasteiger partial charge in [0.15, 0.2) is 10.7 Å². The molecule has 0 aromatic heterocycles. The first kappa shape index (κ1) is 6.62. The fourth-order valence-corrected chi connectivity index (χ4v) is 0.200. The Balaban J connectivity index is 3.80. The summed E-state index contributed by atoms with van der Waals surface area (Å²) < 4.78 is 19.7. The summed E-state index contributed by atoms with van der Waals surface area (Å²) in [5.74, 6) is 0. The highest BCUT2D eigenvalue weighted by atomic mass is 32.2. The van der Waals surface area contributed by atoms with Gasteiger partial charge in [-0.05, 0) is 13.6 Å². The molecule has 0 saturated carbocycles. The van der Waals surface area contributed by atoms with Crippen molar-refractivity contribution in [3.8, 4) is 0 Å². The number of thiol groups is 1. The van der Waals surface area contributed by atoms with Crippen LogP contribution in [-0.4, -0.2) is 20.5 Å². The monoisotopic (exact) mass is 121 g/mol. The Morgan fingerprint density at radius 2 is 2.14 bits per heavy atom. The van der Waals surface area contributed by atoms with Gasteiger partial charge in [-0.3, -0.25) is 4.99 Å². The number of nitrogens with zero attached hydrogens (tertiary/aromatic N) is 1. The zero-order chi connectivity index (χ0) is 5.86. The average Bonchev–Trinajstić information content (AvgIpc) is 1.65. The maximum atomic E-state index is 9.83. The quantitative estimate of drug-likeness (QED) is 0.400. The van der Waals surface area contributed by atoms with Crippen LogP contribution in [-0.2, 0) is 10.7 Å². The molecule has 0 spiro atoms. The number of aliphatic imine (C=N–C) groups is 1. The molecule has 0 rings (SSSR count). The van der Waals surface area contributed by atoms with Crippen LogP contribution in [0.4, 0.5) is 0 Å². The molecule has 1 unspecified atom stereocenters. The third-order valence-electron chi connectivity index (χ3n) is 0.569. The first-order valence-corrected chi connectivity index (χ1v) is 3.02. The lowest BCUT2D eigenvalue weighted by molar-refractivity contribution is 0.605. The average molecular weight is 121 g/mol. The van der Waals surface area contributed by atoms with Crippen LogP contribution in [0.15, 0.2) is 4.99 Å². The van der Waals surface area contributed by atoms with Crippen LogP contribution in [0.2, 0.25) is 0 Å². The molecule has 1 atom stereocenters. The minimum Gasteiger partial charge on any atom is -0.282 e. The van der Waals surface area contributed by atoms with Gasteiger partial charge in [0.05, 0.1) is 0 Å². The lowest BCUT2D eigenvalue weighted by Crippen LogP contribution is -1.96. The second kappa shape index (κ2) is 2.74. The van der Waals surface area contributed by atoms with Crippen molar-refractivity contribution in [2.75, 3.05) is 0 Å². The number of rotatable bonds is 2. The van der Waals surface area contributed by atoms with Crippen molar-refractivity contribution >= 4 is 17.4 Å². The van der Waals surface area contributed by atoms with Crippen molar-refractivity contribution in [3.63, 3.8) is 0 Å². The standard InChI is InChI=1S/C3H7NO2S/c1-3(4-2)7(5)6/h3,7H,2H2,1H3. The SMILES string of the molecule is C=NC(C)[SH](=O)=O. The molecule has 0 bridgehead atoms. The lowest BCUT2D eigenvalue weighted by Gasteiger charge is -1.86. The largest absolute Gasteiger partial charge is 0.282 e. The number of hydrogen-bond acceptors (Lipinski definition) is 3. The molecule has 4 heteroatoms. The minimum absolute atomic E-state index is 0.630. The second-order valence-corrected chi connectivity index (χ2v) is 2.42. The molecular weight excluding hydrogens is 114 g/mol. The molecular formula is C3H7NO2S. The van der Waals surface area contributed by atoms with Gasteiger partial charge in [-0.2, -0.15) is 0 Å². The van der Waals surface area contributed by atoms with Gasteiger partial charge in [0, 0.05) is 0 Å². The van der Waals surface area contributed by atoms with E-state index in [9.17, 15) is 8.42 Å². The van der Waals surface area contributed by atoms with Crippen molar-refractivity contribution in [2.24, 2.45) is 4.99 Å². The molecule has 0 radical (unpaired) electrons. The highest BCUT2D eigenvalue weighted by molar-refractivity contribution is 7.73. The lowest BCUT2D eigenvalue weighted by atomic mass is 10.8. The summed E-state index contributed by atoms with van der Waals surface area (Å²) in [4.78, 5) is 3.24. The molecule has 0 N–H and O–H groups in total. The zero-order valence-electron chi connectivity index (χ0n) is 4.00. The molecule has 0 heterocycles. The summed E-state index contributed by atoms with van der Waals surface area (Å²) in [6.45, 7) is 4.52. The second-order valence-electron chi connectivity index (χ2n) is 1.10. The summed E-state index contributed by atoms with van der Waals surface area (Å²) in [6, 6.07) is 0. The molecule has 0 amide bonds. The van der Waals surface area contributed by atoms with E-state index >= 15 is 0 Å². The van der Waals surface area contributed by atoms with E-state index < -0.39 is 16.1 Å². The van der Waals surface area contributed by atoms with E-state index in [-0.39, 0.29) is 0 Å². The van der Waals surface area contributed by atoms with E-state index in [0.717, 1.165) is 0 Å². The van der Waals surface area contributed by atoms with E-state index in [1.54, 1.807) is 0 Å². The van der Waals surface area contributed by atoms with Crippen LogP contribution in [0.25, 0.3) is 0 Å². The third kappa shape index (κ3) is 2.33. The summed E-state index contributed by atoms with van der Waals surface area (Å²) in [6.07, 6.45) is 0. The van der Waals surface area contributed by atoms with Crippen LogP contribution in [0.3, 0.4) is 0 Å². The summed E-state index contributed by atoms with van der Waals surface area (Å²) in [5, 5.41) is -0.630. The van der Waals surface area contributed by atoms with Crippen molar-refractivity contribution < 1.29 is 8.42 Å². The van der Waals surface area contributed by atoms with Gasteiger partial charge >= 0.3 is 0 Å². The van der Waals surface area contributed by atoms with E-state index in [1.807, 2.05) is 0 Å². The van der Waals surface area contributed by atoms with Gasteiger partial charge in [-0.15, -0.1) is 0 Å². The molecule has 0 aliphatic carbocycles. The van der Waals surface area contributed by atoms with E-state index in [0.29, 0.717) is 0 Å². The predicted octanol–water partition coefficient (Wildman–Crippen LogP) is -0.356. The molecule has 7 heavy (non-hydrogen) atoms. The van der Waals surface area contributed by atoms with Crippen LogP contribution in [0.1, 0.15) is 6.92 Å². The maximum Gasteiger partial charge on any atom is 0.162 e. The summed E-state index contributed by atoms with van der Waals surface area (Å²) >= 11 is 0. The Bertz CT molecular complexity index is 121. The smallest absolute Gasteiger partial charge is 0.162 e. The summed E-state index contributed by atoms with van der Waals surface area (Å²) in [7, 11) is -2.39. The van der Waals surface area contributed by atoms with Gasteiger partial charge in [-0.25, -0.2) is 8.42 Å². The molecule has 3 nitrogen and oxygen atoms in total. The van der Waals surface area contributed by atoms with E-state index in [4.69, 9.17) is 0 Å². The molecule has 0 saturated heterocycles. The third-order valence-corrected chi connectivity index (χ3v) is 1.34. The summed E-state index contributed by atoms with van der Waals surface area (Å²) in [5.41, 5.74) is 0. The fraction of sp³-hybridized carbons (Fsp3) is 0.667.